The summed E-state index contributed by atoms with van der Waals surface area (Å²) in [7, 11) is 0. The van der Waals surface area contributed by atoms with Crippen LogP contribution in [0, 0.1) is 11.8 Å². The topological polar surface area (TPSA) is 55.1 Å². The predicted molar refractivity (Wildman–Crippen MR) is 80.8 cm³/mol. The van der Waals surface area contributed by atoms with Crippen LogP contribution in [0.1, 0.15) is 72.1 Å². The lowest BCUT2D eigenvalue weighted by atomic mass is 9.79. The van der Waals surface area contributed by atoms with Gasteiger partial charge in [-0.2, -0.15) is 0 Å². The van der Waals surface area contributed by atoms with Gasteiger partial charge in [-0.05, 0) is 38.5 Å². The van der Waals surface area contributed by atoms with Crippen molar-refractivity contribution >= 4 is 5.91 Å². The van der Waals surface area contributed by atoms with Crippen LogP contribution in [0.3, 0.4) is 0 Å². The van der Waals surface area contributed by atoms with Gasteiger partial charge in [0, 0.05) is 18.0 Å². The normalized spacial score (nSPS) is 28.9. The molecule has 19 heavy (non-hydrogen) atoms. The summed E-state index contributed by atoms with van der Waals surface area (Å²) in [5.41, 5.74) is 6.07. The Morgan fingerprint density at radius 2 is 2.05 bits per heavy atom. The fourth-order valence-corrected chi connectivity index (χ4v) is 2.91. The number of rotatable bonds is 7. The van der Waals surface area contributed by atoms with Gasteiger partial charge in [-0.3, -0.25) is 4.79 Å². The van der Waals surface area contributed by atoms with E-state index in [1.807, 2.05) is 0 Å². The summed E-state index contributed by atoms with van der Waals surface area (Å²) in [6.45, 7) is 6.53. The van der Waals surface area contributed by atoms with E-state index in [1.54, 1.807) is 0 Å². The molecule has 1 rings (SSSR count). The Kier molecular flexibility index (Phi) is 7.44. The van der Waals surface area contributed by atoms with Gasteiger partial charge in [0.05, 0.1) is 0 Å². The molecule has 1 fully saturated rings. The zero-order valence-corrected chi connectivity index (χ0v) is 13.0. The molecule has 3 nitrogen and oxygen atoms in total. The van der Waals surface area contributed by atoms with E-state index < -0.39 is 0 Å². The van der Waals surface area contributed by atoms with Crippen LogP contribution in [0.5, 0.6) is 0 Å². The van der Waals surface area contributed by atoms with Gasteiger partial charge in [0.15, 0.2) is 0 Å². The Labute approximate surface area is 118 Å². The Morgan fingerprint density at radius 3 is 2.68 bits per heavy atom. The van der Waals surface area contributed by atoms with E-state index in [0.29, 0.717) is 12.0 Å². The van der Waals surface area contributed by atoms with Crippen LogP contribution in [0.15, 0.2) is 0 Å². The van der Waals surface area contributed by atoms with Gasteiger partial charge in [0.2, 0.25) is 5.91 Å². The van der Waals surface area contributed by atoms with Crippen LogP contribution in [0.25, 0.3) is 0 Å². The number of carbonyl (C=O) groups excluding carboxylic acids is 1. The Hall–Kier alpha value is -0.570. The molecule has 0 aliphatic heterocycles. The van der Waals surface area contributed by atoms with Crippen molar-refractivity contribution in [1.29, 1.82) is 0 Å². The molecular formula is C16H32N2O. The SMILES string of the molecule is CCCCCCC(C)NC(=O)C1CCC(C)C(N)C1. The summed E-state index contributed by atoms with van der Waals surface area (Å²) >= 11 is 0. The van der Waals surface area contributed by atoms with E-state index in [-0.39, 0.29) is 17.9 Å². The molecule has 1 amide bonds. The molecule has 0 radical (unpaired) electrons. The molecule has 0 bridgehead atoms. The molecule has 3 N–H and O–H groups in total. The van der Waals surface area contributed by atoms with E-state index in [2.05, 4.69) is 26.1 Å². The Bertz CT molecular complexity index is 267. The highest BCUT2D eigenvalue weighted by Gasteiger charge is 2.29. The summed E-state index contributed by atoms with van der Waals surface area (Å²) in [6.07, 6.45) is 9.11. The van der Waals surface area contributed by atoms with Crippen molar-refractivity contribution in [2.75, 3.05) is 0 Å². The van der Waals surface area contributed by atoms with Crippen molar-refractivity contribution in [3.8, 4) is 0 Å². The van der Waals surface area contributed by atoms with Crippen LogP contribution < -0.4 is 11.1 Å². The maximum absolute atomic E-state index is 12.2. The van der Waals surface area contributed by atoms with Crippen molar-refractivity contribution in [3.05, 3.63) is 0 Å². The summed E-state index contributed by atoms with van der Waals surface area (Å²) < 4.78 is 0. The first-order valence-electron chi connectivity index (χ1n) is 8.10. The average molecular weight is 268 g/mol. The van der Waals surface area contributed by atoms with Gasteiger partial charge in [0.1, 0.15) is 0 Å². The number of hydrogen-bond donors (Lipinski definition) is 2. The number of nitrogens with one attached hydrogen (secondary N) is 1. The summed E-state index contributed by atoms with van der Waals surface area (Å²) in [4.78, 5) is 12.2. The first-order valence-corrected chi connectivity index (χ1v) is 8.10. The highest BCUT2D eigenvalue weighted by atomic mass is 16.1. The fraction of sp³-hybridized carbons (Fsp3) is 0.938. The van der Waals surface area contributed by atoms with Crippen molar-refractivity contribution in [2.24, 2.45) is 17.6 Å². The van der Waals surface area contributed by atoms with E-state index in [9.17, 15) is 4.79 Å². The van der Waals surface area contributed by atoms with Crippen LogP contribution in [-0.4, -0.2) is 18.0 Å². The largest absolute Gasteiger partial charge is 0.353 e. The second-order valence-corrected chi connectivity index (χ2v) is 6.41. The average Bonchev–Trinajstić information content (AvgIpc) is 2.38. The van der Waals surface area contributed by atoms with Gasteiger partial charge in [-0.25, -0.2) is 0 Å². The third-order valence-corrected chi connectivity index (χ3v) is 4.51. The lowest BCUT2D eigenvalue weighted by Gasteiger charge is -2.31. The molecule has 0 aromatic carbocycles. The zero-order valence-electron chi connectivity index (χ0n) is 13.0. The molecule has 1 aliphatic rings. The molecule has 0 spiro atoms. The lowest BCUT2D eigenvalue weighted by molar-refractivity contribution is -0.127. The molecule has 0 aromatic heterocycles. The summed E-state index contributed by atoms with van der Waals surface area (Å²) in [6, 6.07) is 0.504. The fourth-order valence-electron chi connectivity index (χ4n) is 2.91. The molecule has 0 heterocycles. The first-order chi connectivity index (χ1) is 9.04. The quantitative estimate of drug-likeness (QED) is 0.697. The highest BCUT2D eigenvalue weighted by molar-refractivity contribution is 5.79. The third-order valence-electron chi connectivity index (χ3n) is 4.51. The van der Waals surface area contributed by atoms with Crippen molar-refractivity contribution in [2.45, 2.75) is 84.2 Å². The molecule has 1 aliphatic carbocycles. The van der Waals surface area contributed by atoms with Crippen LogP contribution in [0.2, 0.25) is 0 Å². The van der Waals surface area contributed by atoms with Gasteiger partial charge < -0.3 is 11.1 Å². The second-order valence-electron chi connectivity index (χ2n) is 6.41. The van der Waals surface area contributed by atoms with Gasteiger partial charge in [-0.15, -0.1) is 0 Å². The lowest BCUT2D eigenvalue weighted by Crippen LogP contribution is -2.43. The maximum atomic E-state index is 12.2. The highest BCUT2D eigenvalue weighted by Crippen LogP contribution is 2.27. The molecule has 4 atom stereocenters. The molecule has 1 saturated carbocycles. The summed E-state index contributed by atoms with van der Waals surface area (Å²) in [5, 5.41) is 3.17. The van der Waals surface area contributed by atoms with Crippen molar-refractivity contribution in [1.82, 2.24) is 5.32 Å². The maximum Gasteiger partial charge on any atom is 0.223 e. The van der Waals surface area contributed by atoms with Crippen LogP contribution in [-0.2, 0) is 4.79 Å². The van der Waals surface area contributed by atoms with E-state index in [0.717, 1.165) is 25.7 Å². The van der Waals surface area contributed by atoms with E-state index >= 15 is 0 Å². The number of unbranched alkanes of at least 4 members (excludes halogenated alkanes) is 3. The minimum Gasteiger partial charge on any atom is -0.353 e. The zero-order chi connectivity index (χ0) is 14.3. The minimum atomic E-state index is 0.143. The summed E-state index contributed by atoms with van der Waals surface area (Å²) in [5.74, 6) is 0.935. The Morgan fingerprint density at radius 1 is 1.32 bits per heavy atom. The standard InChI is InChI=1S/C16H32N2O/c1-4-5-6-7-8-13(3)18-16(19)14-10-9-12(2)15(17)11-14/h12-15H,4-11,17H2,1-3H3,(H,18,19). The number of hydrogen-bond acceptors (Lipinski definition) is 2. The third kappa shape index (κ3) is 5.94. The molecule has 0 aromatic rings. The van der Waals surface area contributed by atoms with Crippen molar-refractivity contribution < 1.29 is 4.79 Å². The van der Waals surface area contributed by atoms with Crippen LogP contribution in [0.4, 0.5) is 0 Å². The van der Waals surface area contributed by atoms with Gasteiger partial charge >= 0.3 is 0 Å². The Balaban J connectivity index is 2.22. The molecule has 3 heteroatoms. The molecule has 4 unspecified atom stereocenters. The van der Waals surface area contributed by atoms with Crippen LogP contribution >= 0.6 is 0 Å². The number of nitrogens with two attached hydrogens (primary N) is 1. The van der Waals surface area contributed by atoms with E-state index in [4.69, 9.17) is 5.73 Å². The van der Waals surface area contributed by atoms with Gasteiger partial charge in [0.25, 0.3) is 0 Å². The second kappa shape index (κ2) is 8.57. The minimum absolute atomic E-state index is 0.143. The van der Waals surface area contributed by atoms with E-state index in [1.165, 1.54) is 25.7 Å². The smallest absolute Gasteiger partial charge is 0.223 e. The first kappa shape index (κ1) is 16.5. The monoisotopic (exact) mass is 268 g/mol. The molecule has 112 valence electrons. The van der Waals surface area contributed by atoms with Crippen molar-refractivity contribution in [3.63, 3.8) is 0 Å². The molecule has 0 saturated heterocycles. The number of carbonyl (C=O) groups is 1. The predicted octanol–water partition coefficient (Wildman–Crippen LogP) is 3.23. The van der Waals surface area contributed by atoms with Gasteiger partial charge in [-0.1, -0.05) is 39.5 Å². The number of amides is 1. The molecular weight excluding hydrogens is 236 g/mol.